The van der Waals surface area contributed by atoms with E-state index >= 15 is 0 Å². The largest absolute Gasteiger partial charge is 0.480 e. The molecule has 0 aliphatic heterocycles. The Labute approximate surface area is 674 Å². The summed E-state index contributed by atoms with van der Waals surface area (Å²) in [6.07, 6.45) is 18.0. The highest BCUT2D eigenvalue weighted by atomic mass is 16.6. The van der Waals surface area contributed by atoms with Gasteiger partial charge < -0.3 is 146 Å². The molecule has 113 heavy (non-hydrogen) atoms. The van der Waals surface area contributed by atoms with Crippen LogP contribution >= 0.6 is 0 Å². The Morgan fingerprint density at radius 1 is 0.230 bits per heavy atom. The summed E-state index contributed by atoms with van der Waals surface area (Å²) >= 11 is 0. The highest BCUT2D eigenvalue weighted by molar-refractivity contribution is 5.84. The van der Waals surface area contributed by atoms with Gasteiger partial charge in [-0.2, -0.15) is 0 Å². The molecule has 0 aromatic carbocycles. The maximum absolute atomic E-state index is 12.4. The van der Waals surface area contributed by atoms with E-state index in [9.17, 15) is 29.1 Å². The third kappa shape index (κ3) is 93.7. The van der Waals surface area contributed by atoms with Crippen LogP contribution in [0.1, 0.15) is 135 Å². The second-order valence-corrected chi connectivity index (χ2v) is 25.6. The molecule has 0 bridgehead atoms. The van der Waals surface area contributed by atoms with Crippen LogP contribution in [-0.4, -0.2) is 382 Å². The van der Waals surface area contributed by atoms with Gasteiger partial charge in [-0.25, -0.2) is 4.79 Å². The van der Waals surface area contributed by atoms with Crippen molar-refractivity contribution in [2.24, 2.45) is 5.73 Å². The first-order valence-corrected chi connectivity index (χ1v) is 41.6. The molecule has 0 rings (SSSR count). The molecule has 0 heterocycles. The summed E-state index contributed by atoms with van der Waals surface area (Å²) < 4.78 is 132. The van der Waals surface area contributed by atoms with Crippen LogP contribution in [0, 0.1) is 0 Å². The number of hydrogen-bond acceptors (Lipinski definition) is 30. The molecule has 35 heteroatoms. The van der Waals surface area contributed by atoms with E-state index < -0.39 is 24.0 Å². The van der Waals surface area contributed by atoms with E-state index in [0.29, 0.717) is 343 Å². The van der Waals surface area contributed by atoms with Crippen LogP contribution in [0.3, 0.4) is 0 Å². The first-order chi connectivity index (χ1) is 55.7. The molecule has 3 amide bonds. The zero-order chi connectivity index (χ0) is 81.6. The van der Waals surface area contributed by atoms with Crippen LogP contribution in [-0.2, 0) is 138 Å². The standard InChI is InChI=1S/C78H152N4O31/c1-2-3-4-5-6-7-8-9-10-11-12-13-14-18-76(85)82-73(78(88)89)19-20-74(83)81-23-25-91-27-29-93-31-33-95-35-37-97-39-41-99-43-45-101-47-49-103-51-53-105-55-57-107-59-61-109-63-65-111-67-69-113-71-70-112-68-66-110-64-62-108-60-58-106-56-54-104-52-50-102-48-46-100-44-42-98-40-38-96-36-34-94-32-30-92-28-26-90-24-21-75(84)80-22-16-15-17-72(79)77(86)87/h72-73H,2-71,79H2,1H3,(H,80,84)(H,81,83)(H,82,85)(H,86,87)(H,88,89)/t72-,73+/m1/s1. The van der Waals surface area contributed by atoms with Crippen molar-refractivity contribution in [3.05, 3.63) is 0 Å². The molecule has 0 aromatic rings. The molecular formula is C78H152N4O31. The second-order valence-electron chi connectivity index (χ2n) is 25.6. The third-order valence-electron chi connectivity index (χ3n) is 16.0. The van der Waals surface area contributed by atoms with Gasteiger partial charge in [-0.15, -0.1) is 0 Å². The van der Waals surface area contributed by atoms with Gasteiger partial charge >= 0.3 is 11.9 Å². The number of nitrogens with two attached hydrogens (primary N) is 1. The zero-order valence-corrected chi connectivity index (χ0v) is 69.0. The molecule has 0 aliphatic carbocycles. The van der Waals surface area contributed by atoms with Gasteiger partial charge in [0.05, 0.1) is 317 Å². The minimum absolute atomic E-state index is 0.0164. The molecule has 0 saturated heterocycles. The second kappa shape index (κ2) is 95.5. The Hall–Kier alpha value is -3.65. The predicted molar refractivity (Wildman–Crippen MR) is 419 cm³/mol. The van der Waals surface area contributed by atoms with Crippen molar-refractivity contribution in [1.82, 2.24) is 16.0 Å². The number of unbranched alkanes of at least 4 members (excludes halogenated alkanes) is 13. The molecule has 0 saturated carbocycles. The number of carboxylic acid groups (broad SMARTS) is 2. The zero-order valence-electron chi connectivity index (χ0n) is 69.0. The van der Waals surface area contributed by atoms with Crippen molar-refractivity contribution in [3.8, 4) is 0 Å². The van der Waals surface area contributed by atoms with Gasteiger partial charge in [-0.1, -0.05) is 84.0 Å². The SMILES string of the molecule is CCCCCCCCCCCCCCCC(=O)N[C@@H](CCC(=O)NCCOCCOCCOCCOCCOCCOCCOCCOCCOCCOCCOCCOCCOCCOCCOCCOCCOCCOCCOCCOCCOCCOCCOCCOCCC(=O)NCCCC[C@@H](N)C(=O)O)C(=O)O. The summed E-state index contributed by atoms with van der Waals surface area (Å²) in [5.41, 5.74) is 5.45. The molecular weight excluding hydrogens is 1490 g/mol. The Kier molecular flexibility index (Phi) is 92.4. The number of ether oxygens (including phenoxy) is 24. The number of aliphatic carboxylic acids is 2. The van der Waals surface area contributed by atoms with Crippen molar-refractivity contribution in [1.29, 1.82) is 0 Å². The van der Waals surface area contributed by atoms with Gasteiger partial charge in [0.25, 0.3) is 0 Å². The molecule has 670 valence electrons. The summed E-state index contributed by atoms with van der Waals surface area (Å²) in [5.74, 6) is -2.87. The van der Waals surface area contributed by atoms with Crippen LogP contribution < -0.4 is 21.7 Å². The lowest BCUT2D eigenvalue weighted by molar-refractivity contribution is -0.142. The fraction of sp³-hybridized carbons (Fsp3) is 0.936. The Morgan fingerprint density at radius 3 is 0.699 bits per heavy atom. The molecule has 0 spiro atoms. The van der Waals surface area contributed by atoms with Crippen LogP contribution in [0.5, 0.6) is 0 Å². The topological polar surface area (TPSA) is 409 Å². The van der Waals surface area contributed by atoms with Gasteiger partial charge in [0.1, 0.15) is 12.1 Å². The van der Waals surface area contributed by atoms with Crippen molar-refractivity contribution in [2.45, 2.75) is 147 Å². The van der Waals surface area contributed by atoms with E-state index in [1.807, 2.05) is 0 Å². The van der Waals surface area contributed by atoms with Crippen molar-refractivity contribution >= 4 is 29.7 Å². The quantitative estimate of drug-likeness (QED) is 0.0459. The average molecular weight is 1640 g/mol. The average Bonchev–Trinajstić information content (AvgIpc) is 0.932. The molecule has 7 N–H and O–H groups in total. The minimum Gasteiger partial charge on any atom is -0.480 e. The maximum Gasteiger partial charge on any atom is 0.326 e. The number of hydrogen-bond donors (Lipinski definition) is 6. The van der Waals surface area contributed by atoms with E-state index in [1.165, 1.54) is 64.2 Å². The van der Waals surface area contributed by atoms with Gasteiger partial charge in [-0.3, -0.25) is 19.2 Å². The number of carboxylic acids is 2. The van der Waals surface area contributed by atoms with Gasteiger partial charge in [0.2, 0.25) is 17.7 Å². The molecule has 35 nitrogen and oxygen atoms in total. The van der Waals surface area contributed by atoms with Crippen molar-refractivity contribution < 1.29 is 148 Å². The number of carbonyl (C=O) groups excluding carboxylic acids is 3. The maximum atomic E-state index is 12.4. The lowest BCUT2D eigenvalue weighted by Gasteiger charge is -2.14. The summed E-state index contributed by atoms with van der Waals surface area (Å²) in [6, 6.07) is -1.96. The Bertz CT molecular complexity index is 1980. The van der Waals surface area contributed by atoms with Crippen LogP contribution in [0.2, 0.25) is 0 Å². The molecule has 0 radical (unpaired) electrons. The molecule has 0 aromatic heterocycles. The number of carbonyl (C=O) groups is 5. The fourth-order valence-electron chi connectivity index (χ4n) is 9.71. The molecule has 2 atom stereocenters. The third-order valence-corrected chi connectivity index (χ3v) is 16.0. The minimum atomic E-state index is -1.15. The highest BCUT2D eigenvalue weighted by Gasteiger charge is 2.21. The first-order valence-electron chi connectivity index (χ1n) is 41.6. The van der Waals surface area contributed by atoms with Gasteiger partial charge in [0, 0.05) is 32.4 Å². The Balaban J connectivity index is 3.22. The number of rotatable bonds is 100. The highest BCUT2D eigenvalue weighted by Crippen LogP contribution is 2.13. The van der Waals surface area contributed by atoms with E-state index in [0.717, 1.165) is 19.3 Å². The van der Waals surface area contributed by atoms with E-state index in [4.69, 9.17) is 125 Å². The predicted octanol–water partition coefficient (Wildman–Crippen LogP) is 4.42. The Morgan fingerprint density at radius 2 is 0.451 bits per heavy atom. The van der Waals surface area contributed by atoms with Crippen LogP contribution in [0.25, 0.3) is 0 Å². The monoisotopic (exact) mass is 1640 g/mol. The van der Waals surface area contributed by atoms with Crippen LogP contribution in [0.15, 0.2) is 0 Å². The van der Waals surface area contributed by atoms with Crippen molar-refractivity contribution in [2.75, 3.05) is 330 Å². The van der Waals surface area contributed by atoms with Gasteiger partial charge in [0.15, 0.2) is 0 Å². The number of nitrogens with one attached hydrogen (secondary N) is 3. The lowest BCUT2D eigenvalue weighted by atomic mass is 10.0. The van der Waals surface area contributed by atoms with E-state index in [-0.39, 0.29) is 50.1 Å². The summed E-state index contributed by atoms with van der Waals surface area (Å²) in [5, 5.41) is 26.4. The first kappa shape index (κ1) is 109. The molecule has 0 unspecified atom stereocenters. The summed E-state index contributed by atoms with van der Waals surface area (Å²) in [6.45, 7) is 24.3. The summed E-state index contributed by atoms with van der Waals surface area (Å²) in [4.78, 5) is 58.8. The normalized spacial score (nSPS) is 12.1. The van der Waals surface area contributed by atoms with E-state index in [2.05, 4.69) is 22.9 Å². The summed E-state index contributed by atoms with van der Waals surface area (Å²) in [7, 11) is 0. The number of amides is 3. The van der Waals surface area contributed by atoms with Crippen LogP contribution in [0.4, 0.5) is 0 Å². The lowest BCUT2D eigenvalue weighted by Crippen LogP contribution is -2.41. The van der Waals surface area contributed by atoms with E-state index in [1.54, 1.807) is 0 Å². The van der Waals surface area contributed by atoms with Gasteiger partial charge in [-0.05, 0) is 32.1 Å². The molecule has 0 fully saturated rings. The molecule has 0 aliphatic rings. The fourth-order valence-corrected chi connectivity index (χ4v) is 9.71. The smallest absolute Gasteiger partial charge is 0.326 e. The van der Waals surface area contributed by atoms with Crippen molar-refractivity contribution in [3.63, 3.8) is 0 Å².